The summed E-state index contributed by atoms with van der Waals surface area (Å²) < 4.78 is 0. The lowest BCUT2D eigenvalue weighted by molar-refractivity contribution is -0.153. The Bertz CT molecular complexity index is 757. The van der Waals surface area contributed by atoms with Crippen LogP contribution in [0.5, 0.6) is 0 Å². The van der Waals surface area contributed by atoms with Crippen LogP contribution in [0, 0.1) is 0 Å². The topological polar surface area (TPSA) is 87.5 Å². The lowest BCUT2D eigenvalue weighted by Crippen LogP contribution is -2.60. The lowest BCUT2D eigenvalue weighted by Gasteiger charge is -2.53. The van der Waals surface area contributed by atoms with E-state index in [4.69, 9.17) is 0 Å². The van der Waals surface area contributed by atoms with Crippen LogP contribution in [0.2, 0.25) is 0 Å². The monoisotopic (exact) mass is 417 g/mol. The Morgan fingerprint density at radius 1 is 1.10 bits per heavy atom. The number of β-amino-alcohol motifs (C(OH)–C–C–N with tert-alkyl or cyclic N) is 1. The minimum atomic E-state index is -0.964. The second kappa shape index (κ2) is 7.88. The summed E-state index contributed by atoms with van der Waals surface area (Å²) in [5.41, 5.74) is 0.156. The molecule has 30 heavy (non-hydrogen) atoms. The van der Waals surface area contributed by atoms with Gasteiger partial charge < -0.3 is 15.3 Å². The van der Waals surface area contributed by atoms with Crippen molar-refractivity contribution in [3.63, 3.8) is 0 Å². The van der Waals surface area contributed by atoms with Crippen molar-refractivity contribution < 1.29 is 20.1 Å². The number of carbonyl (C=O) groups is 1. The van der Waals surface area contributed by atoms with Gasteiger partial charge in [-0.1, -0.05) is 30.3 Å². The molecule has 0 aromatic heterocycles. The van der Waals surface area contributed by atoms with E-state index in [1.54, 1.807) is 4.90 Å². The first-order chi connectivity index (χ1) is 14.2. The number of benzene rings is 1. The van der Waals surface area contributed by atoms with Crippen molar-refractivity contribution in [2.24, 2.45) is 0 Å². The molecule has 1 aliphatic heterocycles. The van der Waals surface area contributed by atoms with Crippen LogP contribution in [0.25, 0.3) is 0 Å². The minimum Gasteiger partial charge on any atom is -0.480 e. The van der Waals surface area contributed by atoms with Gasteiger partial charge in [0.2, 0.25) is 0 Å². The second-order valence-corrected chi connectivity index (χ2v) is 9.87. The summed E-state index contributed by atoms with van der Waals surface area (Å²) in [6, 6.07) is 10.6. The van der Waals surface area contributed by atoms with E-state index in [9.17, 15) is 20.1 Å². The van der Waals surface area contributed by atoms with Crippen molar-refractivity contribution in [3.05, 3.63) is 35.9 Å². The first kappa shape index (κ1) is 21.7. The van der Waals surface area contributed by atoms with Gasteiger partial charge in [-0.3, -0.25) is 19.5 Å². The number of aliphatic hydroxyl groups is 2. The molecule has 7 heteroatoms. The molecule has 3 fully saturated rings. The smallest absolute Gasteiger partial charge is 0.317 e. The molecule has 1 saturated heterocycles. The summed E-state index contributed by atoms with van der Waals surface area (Å²) in [6.07, 6.45) is 5.08. The second-order valence-electron chi connectivity index (χ2n) is 9.87. The Labute approximate surface area is 178 Å². The lowest BCUT2D eigenvalue weighted by atomic mass is 9.67. The Morgan fingerprint density at radius 2 is 1.73 bits per heavy atom. The molecule has 0 bridgehead atoms. The van der Waals surface area contributed by atoms with Gasteiger partial charge in [-0.15, -0.1) is 0 Å². The molecule has 1 unspecified atom stereocenters. The van der Waals surface area contributed by atoms with Gasteiger partial charge in [0.1, 0.15) is 0 Å². The molecule has 1 heterocycles. The van der Waals surface area contributed by atoms with Crippen LogP contribution < -0.4 is 0 Å². The third kappa shape index (κ3) is 3.67. The van der Waals surface area contributed by atoms with Crippen LogP contribution in [0.4, 0.5) is 0 Å². The molecule has 0 amide bonds. The summed E-state index contributed by atoms with van der Waals surface area (Å²) in [4.78, 5) is 17.3. The fourth-order valence-corrected chi connectivity index (χ4v) is 5.93. The van der Waals surface area contributed by atoms with Gasteiger partial charge in [0.25, 0.3) is 0 Å². The molecule has 1 atom stereocenters. The zero-order valence-electron chi connectivity index (χ0n) is 18.1. The summed E-state index contributed by atoms with van der Waals surface area (Å²) in [7, 11) is 4.25. The van der Waals surface area contributed by atoms with E-state index < -0.39 is 17.9 Å². The fourth-order valence-electron chi connectivity index (χ4n) is 5.93. The molecule has 3 aliphatic rings. The van der Waals surface area contributed by atoms with Crippen LogP contribution in [-0.4, -0.2) is 87.2 Å². The van der Waals surface area contributed by atoms with E-state index in [0.29, 0.717) is 13.1 Å². The molecule has 2 aliphatic carbocycles. The Kier molecular flexibility index (Phi) is 5.70. The first-order valence-corrected chi connectivity index (χ1v) is 11.1. The van der Waals surface area contributed by atoms with Gasteiger partial charge in [-0.25, -0.2) is 0 Å². The van der Waals surface area contributed by atoms with Crippen LogP contribution in [0.1, 0.15) is 50.5 Å². The highest BCUT2D eigenvalue weighted by molar-refractivity contribution is 5.69. The summed E-state index contributed by atoms with van der Waals surface area (Å²) in [6.45, 7) is 0.745. The van der Waals surface area contributed by atoms with Crippen LogP contribution in [0.3, 0.4) is 0 Å². The molecular formula is C23H35N3O4. The van der Waals surface area contributed by atoms with Crippen LogP contribution in [0.15, 0.2) is 30.3 Å². The average Bonchev–Trinajstić information content (AvgIpc) is 2.93. The van der Waals surface area contributed by atoms with E-state index in [0.717, 1.165) is 44.9 Å². The number of carboxylic acid groups (broad SMARTS) is 1. The normalized spacial score (nSPS) is 34.4. The average molecular weight is 418 g/mol. The molecule has 1 aromatic rings. The van der Waals surface area contributed by atoms with Gasteiger partial charge in [-0.2, -0.15) is 0 Å². The molecule has 2 saturated carbocycles. The molecule has 3 N–H and O–H groups in total. The molecule has 166 valence electrons. The van der Waals surface area contributed by atoms with Crippen molar-refractivity contribution in [2.75, 3.05) is 33.7 Å². The number of aliphatic carboxylic acids is 1. The van der Waals surface area contributed by atoms with Crippen molar-refractivity contribution >= 4 is 5.97 Å². The van der Waals surface area contributed by atoms with E-state index >= 15 is 0 Å². The third-order valence-corrected chi connectivity index (χ3v) is 7.97. The van der Waals surface area contributed by atoms with E-state index in [-0.39, 0.29) is 17.6 Å². The van der Waals surface area contributed by atoms with Gasteiger partial charge in [0.05, 0.1) is 12.1 Å². The molecule has 7 nitrogen and oxygen atoms in total. The van der Waals surface area contributed by atoms with Crippen LogP contribution >= 0.6 is 0 Å². The Hall–Kier alpha value is -1.51. The highest BCUT2D eigenvalue weighted by Gasteiger charge is 2.56. The number of aliphatic hydroxyl groups excluding tert-OH is 1. The molecule has 1 aromatic carbocycles. The van der Waals surface area contributed by atoms with Gasteiger partial charge >= 0.3 is 5.97 Å². The van der Waals surface area contributed by atoms with Crippen molar-refractivity contribution in [3.8, 4) is 0 Å². The van der Waals surface area contributed by atoms with E-state index in [2.05, 4.69) is 43.3 Å². The zero-order chi connectivity index (χ0) is 21.6. The number of rotatable bonds is 6. The highest BCUT2D eigenvalue weighted by atomic mass is 16.4. The largest absolute Gasteiger partial charge is 0.480 e. The number of carboxylic acids is 1. The maximum absolute atomic E-state index is 11.4. The van der Waals surface area contributed by atoms with Crippen LogP contribution in [-0.2, 0) is 10.3 Å². The number of nitrogens with zero attached hydrogens (tertiary/aromatic N) is 3. The van der Waals surface area contributed by atoms with Gasteiger partial charge in [-0.05, 0) is 64.6 Å². The van der Waals surface area contributed by atoms with Crippen molar-refractivity contribution in [2.45, 2.75) is 68.0 Å². The molecule has 0 radical (unpaired) electrons. The Balaban J connectivity index is 1.60. The quantitative estimate of drug-likeness (QED) is 0.649. The number of hydrogen-bond acceptors (Lipinski definition) is 6. The highest BCUT2D eigenvalue weighted by Crippen LogP contribution is 2.50. The maximum Gasteiger partial charge on any atom is 0.317 e. The van der Waals surface area contributed by atoms with Crippen molar-refractivity contribution in [1.29, 1.82) is 0 Å². The summed E-state index contributed by atoms with van der Waals surface area (Å²) in [5, 5.41) is 31.2. The van der Waals surface area contributed by atoms with E-state index in [1.165, 1.54) is 5.56 Å². The fraction of sp³-hybridized carbons (Fsp3) is 0.696. The number of hydrogen-bond donors (Lipinski definition) is 3. The molecular weight excluding hydrogens is 382 g/mol. The molecule has 4 rings (SSSR count). The predicted molar refractivity (Wildman–Crippen MR) is 114 cm³/mol. The zero-order valence-corrected chi connectivity index (χ0v) is 18.1. The maximum atomic E-state index is 11.4. The van der Waals surface area contributed by atoms with E-state index in [1.807, 2.05) is 11.0 Å². The van der Waals surface area contributed by atoms with Gasteiger partial charge in [0, 0.05) is 24.2 Å². The summed E-state index contributed by atoms with van der Waals surface area (Å²) >= 11 is 0. The van der Waals surface area contributed by atoms with Crippen molar-refractivity contribution in [1.82, 2.24) is 14.7 Å². The van der Waals surface area contributed by atoms with Gasteiger partial charge in [0.15, 0.2) is 6.35 Å². The Morgan fingerprint density at radius 3 is 2.23 bits per heavy atom. The first-order valence-electron chi connectivity index (χ1n) is 11.1. The molecule has 1 spiro atoms. The minimum absolute atomic E-state index is 0.0727. The summed E-state index contributed by atoms with van der Waals surface area (Å²) in [5.74, 6) is -0.934. The SMILES string of the molecule is CN(C)[C@]1(c2ccccc2)CC[C@]2(CC1)CN(CC(=O)O)C(O)N2CC1(O)CCC1. The predicted octanol–water partition coefficient (Wildman–Crippen LogP) is 1.65. The third-order valence-electron chi connectivity index (χ3n) is 7.97. The standard InChI is InChI=1S/C23H35N3O4/c1-24(2)23(18-7-4-3-5-8-18)13-11-21(12-14-23)16-25(15-19(27)28)20(29)26(21)17-22(30)9-6-10-22/h3-5,7-8,20,29-30H,6,9-17H2,1-2H3,(H,27,28)/t20?,21-,23+.